The van der Waals surface area contributed by atoms with E-state index in [2.05, 4.69) is 46.5 Å². The standard InChI is InChI=1S/C14H13N/c1-4-5-6-7-8-13-9-11-14(12-10-13)15(2)3/h8-12H,1H2,2-3H3. The van der Waals surface area contributed by atoms with E-state index in [0.717, 1.165) is 5.56 Å². The molecule has 0 bridgehead atoms. The lowest BCUT2D eigenvalue weighted by molar-refractivity contribution is 1.13. The number of hydrogen-bond acceptors (Lipinski definition) is 1. The van der Waals surface area contributed by atoms with Gasteiger partial charge in [0.15, 0.2) is 0 Å². The van der Waals surface area contributed by atoms with Crippen molar-refractivity contribution in [2.24, 2.45) is 0 Å². The van der Waals surface area contributed by atoms with Crippen molar-refractivity contribution in [3.63, 3.8) is 0 Å². The van der Waals surface area contributed by atoms with Crippen LogP contribution in [-0.4, -0.2) is 14.1 Å². The molecular formula is C14H13N. The van der Waals surface area contributed by atoms with Crippen LogP contribution >= 0.6 is 0 Å². The fraction of sp³-hybridized carbons (Fsp3) is 0.143. The van der Waals surface area contributed by atoms with Crippen molar-refractivity contribution in [1.82, 2.24) is 0 Å². The number of benzene rings is 1. The zero-order valence-corrected chi connectivity index (χ0v) is 9.04. The van der Waals surface area contributed by atoms with Crippen LogP contribution in [0.15, 0.2) is 53.8 Å². The van der Waals surface area contributed by atoms with Gasteiger partial charge in [-0.3, -0.25) is 0 Å². The molecule has 0 aromatic heterocycles. The summed E-state index contributed by atoms with van der Waals surface area (Å²) in [6.07, 6.45) is 1.84. The molecule has 0 aliphatic rings. The van der Waals surface area contributed by atoms with Gasteiger partial charge in [0.25, 0.3) is 0 Å². The molecule has 74 valence electrons. The van der Waals surface area contributed by atoms with Crippen molar-refractivity contribution >= 4 is 11.8 Å². The van der Waals surface area contributed by atoms with Gasteiger partial charge < -0.3 is 4.90 Å². The third kappa shape index (κ3) is 3.63. The van der Waals surface area contributed by atoms with Crippen LogP contribution in [0.2, 0.25) is 0 Å². The van der Waals surface area contributed by atoms with Crippen LogP contribution in [0.1, 0.15) is 5.56 Å². The van der Waals surface area contributed by atoms with E-state index in [9.17, 15) is 0 Å². The number of anilines is 1. The minimum Gasteiger partial charge on any atom is -0.378 e. The molecule has 0 heterocycles. The third-order valence-corrected chi connectivity index (χ3v) is 1.87. The lowest BCUT2D eigenvalue weighted by atomic mass is 10.2. The first kappa shape index (κ1) is 11.0. The molecule has 1 aromatic carbocycles. The van der Waals surface area contributed by atoms with Crippen molar-refractivity contribution in [3.05, 3.63) is 59.3 Å². The van der Waals surface area contributed by atoms with E-state index in [1.165, 1.54) is 5.69 Å². The molecule has 1 heteroatoms. The van der Waals surface area contributed by atoms with E-state index >= 15 is 0 Å². The molecule has 0 N–H and O–H groups in total. The summed E-state index contributed by atoms with van der Waals surface area (Å²) in [4.78, 5) is 2.06. The van der Waals surface area contributed by atoms with Crippen LogP contribution in [0.5, 0.6) is 0 Å². The Balaban J connectivity index is 2.95. The van der Waals surface area contributed by atoms with E-state index < -0.39 is 0 Å². The second kappa shape index (κ2) is 5.58. The first-order chi connectivity index (χ1) is 7.24. The molecule has 15 heavy (non-hydrogen) atoms. The SMILES string of the molecule is C=C=C=C=C=Cc1ccc(N(C)C)cc1. The van der Waals surface area contributed by atoms with Gasteiger partial charge in [0, 0.05) is 19.8 Å². The Bertz CT molecular complexity index is 469. The van der Waals surface area contributed by atoms with Crippen molar-refractivity contribution < 1.29 is 0 Å². The van der Waals surface area contributed by atoms with Gasteiger partial charge in [0.05, 0.1) is 0 Å². The molecule has 0 radical (unpaired) electrons. The van der Waals surface area contributed by atoms with Gasteiger partial charge in [-0.05, 0) is 41.8 Å². The van der Waals surface area contributed by atoms with Gasteiger partial charge in [0.2, 0.25) is 0 Å². The van der Waals surface area contributed by atoms with Crippen LogP contribution in [0.3, 0.4) is 0 Å². The summed E-state index contributed by atoms with van der Waals surface area (Å²) in [6.45, 7) is 3.38. The Morgan fingerprint density at radius 3 is 2.33 bits per heavy atom. The van der Waals surface area contributed by atoms with Crippen LogP contribution in [0, 0.1) is 0 Å². The van der Waals surface area contributed by atoms with Crippen molar-refractivity contribution in [1.29, 1.82) is 0 Å². The topological polar surface area (TPSA) is 3.24 Å². The maximum absolute atomic E-state index is 3.38. The molecule has 0 amide bonds. The molecule has 0 aliphatic carbocycles. The lowest BCUT2D eigenvalue weighted by Gasteiger charge is -2.11. The highest BCUT2D eigenvalue weighted by Gasteiger charge is 1.92. The van der Waals surface area contributed by atoms with Crippen LogP contribution in [0.25, 0.3) is 6.08 Å². The highest BCUT2D eigenvalue weighted by Crippen LogP contribution is 2.12. The molecule has 0 unspecified atom stereocenters. The van der Waals surface area contributed by atoms with Crippen LogP contribution in [-0.2, 0) is 0 Å². The Labute approximate surface area is 90.7 Å². The molecule has 0 aliphatic heterocycles. The lowest BCUT2D eigenvalue weighted by Crippen LogP contribution is -2.07. The molecule has 1 aromatic rings. The molecule has 0 fully saturated rings. The maximum Gasteiger partial charge on any atom is 0.0361 e. The van der Waals surface area contributed by atoms with Gasteiger partial charge in [-0.1, -0.05) is 23.6 Å². The second-order valence-electron chi connectivity index (χ2n) is 3.20. The fourth-order valence-corrected chi connectivity index (χ4v) is 1.07. The van der Waals surface area contributed by atoms with Crippen LogP contribution in [0.4, 0.5) is 5.69 Å². The van der Waals surface area contributed by atoms with Crippen LogP contribution < -0.4 is 4.90 Å². The van der Waals surface area contributed by atoms with Gasteiger partial charge in [-0.25, -0.2) is 0 Å². The monoisotopic (exact) mass is 195 g/mol. The summed E-state index contributed by atoms with van der Waals surface area (Å²) in [5.41, 5.74) is 12.9. The molecular weight excluding hydrogens is 182 g/mol. The Morgan fingerprint density at radius 1 is 1.13 bits per heavy atom. The fourth-order valence-electron chi connectivity index (χ4n) is 1.07. The average Bonchev–Trinajstić information content (AvgIpc) is 2.25. The first-order valence-electron chi connectivity index (χ1n) is 4.62. The largest absolute Gasteiger partial charge is 0.378 e. The van der Waals surface area contributed by atoms with E-state index in [4.69, 9.17) is 0 Å². The smallest absolute Gasteiger partial charge is 0.0361 e. The Kier molecular flexibility index (Phi) is 4.07. The quantitative estimate of drug-likeness (QED) is 0.656. The van der Waals surface area contributed by atoms with Crippen molar-refractivity contribution in [3.8, 4) is 0 Å². The highest BCUT2D eigenvalue weighted by atomic mass is 15.1. The summed E-state index contributed by atoms with van der Waals surface area (Å²) >= 11 is 0. The van der Waals surface area contributed by atoms with Gasteiger partial charge >= 0.3 is 0 Å². The normalized spacial score (nSPS) is 7.87. The predicted octanol–water partition coefficient (Wildman–Crippen LogP) is 3.02. The van der Waals surface area contributed by atoms with E-state index in [-0.39, 0.29) is 0 Å². The minimum absolute atomic E-state index is 1.08. The van der Waals surface area contributed by atoms with Gasteiger partial charge in [-0.2, -0.15) is 0 Å². The van der Waals surface area contributed by atoms with E-state index in [0.29, 0.717) is 0 Å². The van der Waals surface area contributed by atoms with Crippen molar-refractivity contribution in [2.75, 3.05) is 19.0 Å². The summed E-state index contributed by atoms with van der Waals surface area (Å²) in [5, 5.41) is 0. The highest BCUT2D eigenvalue weighted by molar-refractivity contribution is 5.55. The summed E-state index contributed by atoms with van der Waals surface area (Å²) in [6, 6.07) is 8.17. The average molecular weight is 195 g/mol. The molecule has 1 rings (SSSR count). The van der Waals surface area contributed by atoms with Crippen molar-refractivity contribution in [2.45, 2.75) is 0 Å². The summed E-state index contributed by atoms with van der Waals surface area (Å²) < 4.78 is 0. The number of rotatable bonds is 2. The molecule has 0 spiro atoms. The first-order valence-corrected chi connectivity index (χ1v) is 4.62. The Morgan fingerprint density at radius 2 is 1.80 bits per heavy atom. The molecule has 0 saturated carbocycles. The zero-order chi connectivity index (χ0) is 11.1. The molecule has 1 nitrogen and oxygen atoms in total. The zero-order valence-electron chi connectivity index (χ0n) is 9.04. The maximum atomic E-state index is 3.38. The molecule has 0 atom stereocenters. The summed E-state index contributed by atoms with van der Waals surface area (Å²) in [5.74, 6) is 0. The second-order valence-corrected chi connectivity index (χ2v) is 3.20. The van der Waals surface area contributed by atoms with Gasteiger partial charge in [-0.15, -0.1) is 0 Å². The number of hydrogen-bond donors (Lipinski definition) is 0. The van der Waals surface area contributed by atoms with E-state index in [1.54, 1.807) is 0 Å². The minimum atomic E-state index is 1.08. The van der Waals surface area contributed by atoms with Gasteiger partial charge in [0.1, 0.15) is 0 Å². The molecule has 0 saturated heterocycles. The van der Waals surface area contributed by atoms with E-state index in [1.807, 2.05) is 32.3 Å². The number of nitrogens with zero attached hydrogens (tertiary/aromatic N) is 1. The third-order valence-electron chi connectivity index (χ3n) is 1.87. The predicted molar refractivity (Wildman–Crippen MR) is 64.9 cm³/mol. The Hall–Kier alpha value is -2.12. The summed E-state index contributed by atoms with van der Waals surface area (Å²) in [7, 11) is 4.03.